The number of ether oxygens (including phenoxy) is 1. The summed E-state index contributed by atoms with van der Waals surface area (Å²) in [5.41, 5.74) is 1.10. The Morgan fingerprint density at radius 3 is 2.18 bits per heavy atom. The van der Waals surface area contributed by atoms with Gasteiger partial charge in [0.25, 0.3) is 15.9 Å². The standard InChI is InChI=1S/C29H34FN3O5S/c1-21(2)17-18-31-29(35)22(3)33(19-23-7-5-4-6-8-23)28(34)20-38-26-13-15-27(16-14-26)39(36,37)32-25-11-9-24(30)10-12-25/h4-16,21-22,32H,17-20H2,1-3H3,(H,31,35). The summed E-state index contributed by atoms with van der Waals surface area (Å²) in [7, 11) is -3.90. The van der Waals surface area contributed by atoms with Crippen molar-refractivity contribution in [1.82, 2.24) is 10.2 Å². The van der Waals surface area contributed by atoms with E-state index in [4.69, 9.17) is 4.74 Å². The van der Waals surface area contributed by atoms with E-state index in [0.29, 0.717) is 12.5 Å². The number of amides is 2. The maximum Gasteiger partial charge on any atom is 0.261 e. The first-order valence-electron chi connectivity index (χ1n) is 12.7. The summed E-state index contributed by atoms with van der Waals surface area (Å²) in [5.74, 6) is -0.380. The van der Waals surface area contributed by atoms with Crippen LogP contribution in [0.3, 0.4) is 0 Å². The summed E-state index contributed by atoms with van der Waals surface area (Å²) in [6.45, 7) is 6.24. The van der Waals surface area contributed by atoms with Crippen molar-refractivity contribution in [3.63, 3.8) is 0 Å². The highest BCUT2D eigenvalue weighted by atomic mass is 32.2. The molecule has 39 heavy (non-hydrogen) atoms. The van der Waals surface area contributed by atoms with Gasteiger partial charge in [-0.1, -0.05) is 44.2 Å². The Labute approximate surface area is 229 Å². The molecule has 1 atom stereocenters. The van der Waals surface area contributed by atoms with Crippen LogP contribution in [0.1, 0.15) is 32.8 Å². The highest BCUT2D eigenvalue weighted by molar-refractivity contribution is 7.92. The van der Waals surface area contributed by atoms with E-state index in [9.17, 15) is 22.4 Å². The molecule has 2 N–H and O–H groups in total. The van der Waals surface area contributed by atoms with Crippen molar-refractivity contribution in [2.45, 2.75) is 44.7 Å². The number of halogens is 1. The van der Waals surface area contributed by atoms with Crippen molar-refractivity contribution in [3.05, 3.63) is 90.2 Å². The molecule has 8 nitrogen and oxygen atoms in total. The van der Waals surface area contributed by atoms with E-state index in [1.165, 1.54) is 41.3 Å². The van der Waals surface area contributed by atoms with Gasteiger partial charge in [-0.3, -0.25) is 14.3 Å². The van der Waals surface area contributed by atoms with Gasteiger partial charge in [-0.2, -0.15) is 0 Å². The summed E-state index contributed by atoms with van der Waals surface area (Å²) < 4.78 is 46.4. The van der Waals surface area contributed by atoms with Crippen LogP contribution in [-0.2, 0) is 26.2 Å². The Bertz CT molecular complexity index is 1330. The summed E-state index contributed by atoms with van der Waals surface area (Å²) in [6.07, 6.45) is 0.833. The molecule has 0 aliphatic heterocycles. The van der Waals surface area contributed by atoms with E-state index in [1.54, 1.807) is 6.92 Å². The number of anilines is 1. The molecule has 0 saturated carbocycles. The zero-order valence-electron chi connectivity index (χ0n) is 22.3. The zero-order chi connectivity index (χ0) is 28.4. The summed E-state index contributed by atoms with van der Waals surface area (Å²) in [5, 5.41) is 2.89. The third-order valence-corrected chi connectivity index (χ3v) is 7.37. The van der Waals surface area contributed by atoms with Crippen molar-refractivity contribution < 1.29 is 27.1 Å². The molecule has 208 valence electrons. The van der Waals surface area contributed by atoms with Crippen LogP contribution in [0.15, 0.2) is 83.8 Å². The van der Waals surface area contributed by atoms with Gasteiger partial charge in [0.05, 0.1) is 4.90 Å². The Morgan fingerprint density at radius 1 is 0.923 bits per heavy atom. The van der Waals surface area contributed by atoms with Crippen LogP contribution in [0.5, 0.6) is 5.75 Å². The minimum atomic E-state index is -3.90. The molecule has 10 heteroatoms. The van der Waals surface area contributed by atoms with Crippen LogP contribution in [0.4, 0.5) is 10.1 Å². The lowest BCUT2D eigenvalue weighted by Gasteiger charge is -2.29. The second-order valence-electron chi connectivity index (χ2n) is 9.53. The molecule has 0 aliphatic rings. The fraction of sp³-hybridized carbons (Fsp3) is 0.310. The Kier molecular flexibility index (Phi) is 10.4. The number of rotatable bonds is 13. The van der Waals surface area contributed by atoms with Crippen LogP contribution in [0, 0.1) is 11.7 Å². The van der Waals surface area contributed by atoms with Crippen LogP contribution >= 0.6 is 0 Å². The van der Waals surface area contributed by atoms with E-state index < -0.39 is 21.9 Å². The lowest BCUT2D eigenvalue weighted by atomic mass is 10.1. The molecule has 0 heterocycles. The molecular formula is C29H34FN3O5S. The summed E-state index contributed by atoms with van der Waals surface area (Å²) in [4.78, 5) is 27.4. The maximum atomic E-state index is 13.2. The van der Waals surface area contributed by atoms with Gasteiger partial charge in [0.2, 0.25) is 5.91 Å². The molecule has 0 spiro atoms. The Morgan fingerprint density at radius 2 is 1.56 bits per heavy atom. The summed E-state index contributed by atoms with van der Waals surface area (Å²) >= 11 is 0. The number of nitrogens with one attached hydrogen (secondary N) is 2. The molecule has 0 aliphatic carbocycles. The van der Waals surface area contributed by atoms with Crippen molar-refractivity contribution in [2.24, 2.45) is 5.92 Å². The van der Waals surface area contributed by atoms with Gasteiger partial charge >= 0.3 is 0 Å². The van der Waals surface area contributed by atoms with Crippen LogP contribution in [0.25, 0.3) is 0 Å². The fourth-order valence-electron chi connectivity index (χ4n) is 3.67. The second kappa shape index (κ2) is 13.7. The van der Waals surface area contributed by atoms with Gasteiger partial charge in [0, 0.05) is 18.8 Å². The molecule has 0 fully saturated rings. The first-order valence-corrected chi connectivity index (χ1v) is 14.2. The normalized spacial score (nSPS) is 12.0. The quantitative estimate of drug-likeness (QED) is 0.321. The second-order valence-corrected chi connectivity index (χ2v) is 11.2. The predicted molar refractivity (Wildman–Crippen MR) is 148 cm³/mol. The molecule has 3 rings (SSSR count). The molecule has 0 bridgehead atoms. The predicted octanol–water partition coefficient (Wildman–Crippen LogP) is 4.58. The van der Waals surface area contributed by atoms with E-state index in [0.717, 1.165) is 24.1 Å². The number of carbonyl (C=O) groups excluding carboxylic acids is 2. The number of benzene rings is 3. The maximum absolute atomic E-state index is 13.2. The van der Waals surface area contributed by atoms with E-state index in [-0.39, 0.29) is 41.3 Å². The van der Waals surface area contributed by atoms with Gasteiger partial charge in [-0.25, -0.2) is 12.8 Å². The summed E-state index contributed by atoms with van der Waals surface area (Å²) in [6, 6.07) is 19.2. The van der Waals surface area contributed by atoms with Crippen LogP contribution < -0.4 is 14.8 Å². The zero-order valence-corrected chi connectivity index (χ0v) is 23.1. The number of nitrogens with zero attached hydrogens (tertiary/aromatic N) is 1. The number of carbonyl (C=O) groups is 2. The van der Waals surface area contributed by atoms with Crippen molar-refractivity contribution in [3.8, 4) is 5.75 Å². The average Bonchev–Trinajstić information content (AvgIpc) is 2.91. The molecule has 3 aromatic rings. The molecule has 0 radical (unpaired) electrons. The molecule has 0 aromatic heterocycles. The van der Waals surface area contributed by atoms with Crippen LogP contribution in [0.2, 0.25) is 0 Å². The third kappa shape index (κ3) is 9.10. The average molecular weight is 556 g/mol. The Balaban J connectivity index is 1.65. The first-order chi connectivity index (χ1) is 18.5. The number of hydrogen-bond acceptors (Lipinski definition) is 5. The van der Waals surface area contributed by atoms with E-state index >= 15 is 0 Å². The molecule has 0 saturated heterocycles. The lowest BCUT2D eigenvalue weighted by Crippen LogP contribution is -2.49. The third-order valence-electron chi connectivity index (χ3n) is 5.98. The molecule has 2 amide bonds. The number of sulfonamides is 1. The van der Waals surface area contributed by atoms with Crippen molar-refractivity contribution in [2.75, 3.05) is 17.9 Å². The van der Waals surface area contributed by atoms with Gasteiger partial charge < -0.3 is 15.0 Å². The smallest absolute Gasteiger partial charge is 0.261 e. The van der Waals surface area contributed by atoms with Crippen molar-refractivity contribution >= 4 is 27.5 Å². The van der Waals surface area contributed by atoms with Crippen molar-refractivity contribution in [1.29, 1.82) is 0 Å². The van der Waals surface area contributed by atoms with E-state index in [1.807, 2.05) is 30.3 Å². The van der Waals surface area contributed by atoms with Gasteiger partial charge in [-0.05, 0) is 73.4 Å². The van der Waals surface area contributed by atoms with E-state index in [2.05, 4.69) is 23.9 Å². The first kappa shape index (κ1) is 29.6. The highest BCUT2D eigenvalue weighted by Gasteiger charge is 2.26. The van der Waals surface area contributed by atoms with Gasteiger partial charge in [0.1, 0.15) is 17.6 Å². The minimum Gasteiger partial charge on any atom is -0.484 e. The topological polar surface area (TPSA) is 105 Å². The van der Waals surface area contributed by atoms with Gasteiger partial charge in [-0.15, -0.1) is 0 Å². The molecular weight excluding hydrogens is 521 g/mol. The SMILES string of the molecule is CC(C)CCNC(=O)C(C)N(Cc1ccccc1)C(=O)COc1ccc(S(=O)(=O)Nc2ccc(F)cc2)cc1. The molecule has 3 aromatic carbocycles. The monoisotopic (exact) mass is 555 g/mol. The highest BCUT2D eigenvalue weighted by Crippen LogP contribution is 2.20. The molecule has 1 unspecified atom stereocenters. The van der Waals surface area contributed by atoms with Gasteiger partial charge in [0.15, 0.2) is 6.61 Å². The Hall–Kier alpha value is -3.92. The van der Waals surface area contributed by atoms with Crippen LogP contribution in [-0.4, -0.2) is 44.3 Å². The largest absolute Gasteiger partial charge is 0.484 e. The lowest BCUT2D eigenvalue weighted by molar-refractivity contribution is -0.142. The number of hydrogen-bond donors (Lipinski definition) is 2. The minimum absolute atomic E-state index is 0.0251. The fourth-order valence-corrected chi connectivity index (χ4v) is 4.73.